The molecule has 2 heteroatoms. The Morgan fingerprint density at radius 1 is 0.449 bits per heavy atom. The second-order valence-electron chi connectivity index (χ2n) is 13.8. The van der Waals surface area contributed by atoms with Gasteiger partial charge in [-0.25, -0.2) is 0 Å². The lowest BCUT2D eigenvalue weighted by Gasteiger charge is -2.42. The summed E-state index contributed by atoms with van der Waals surface area (Å²) in [7, 11) is -0.979. The molecule has 8 rings (SSSR count). The van der Waals surface area contributed by atoms with Crippen LogP contribution in [0.25, 0.3) is 43.8 Å². The minimum absolute atomic E-state index is 0.0554. The third-order valence-electron chi connectivity index (χ3n) is 10.7. The Morgan fingerprint density at radius 3 is 1.27 bits per heavy atom. The molecule has 1 aliphatic heterocycles. The van der Waals surface area contributed by atoms with E-state index < -0.39 is 7.92 Å². The van der Waals surface area contributed by atoms with E-state index in [9.17, 15) is 4.79 Å². The lowest BCUT2D eigenvalue weighted by molar-refractivity contribution is -0.119. The normalized spacial score (nSPS) is 17.9. The van der Waals surface area contributed by atoms with Gasteiger partial charge in [-0.3, -0.25) is 4.79 Å². The third-order valence-corrected chi connectivity index (χ3v) is 13.9. The first kappa shape index (κ1) is 31.4. The van der Waals surface area contributed by atoms with Crippen molar-refractivity contribution in [2.24, 2.45) is 0 Å². The molecule has 0 amide bonds. The maximum atomic E-state index is 14.2. The van der Waals surface area contributed by atoms with Crippen molar-refractivity contribution in [2.45, 2.75) is 51.9 Å². The van der Waals surface area contributed by atoms with Gasteiger partial charge in [-0.1, -0.05) is 147 Å². The van der Waals surface area contributed by atoms with Crippen LogP contribution in [0.1, 0.15) is 57.5 Å². The van der Waals surface area contributed by atoms with Crippen molar-refractivity contribution in [2.75, 3.05) is 0 Å². The highest BCUT2D eigenvalue weighted by atomic mass is 31.1. The van der Waals surface area contributed by atoms with Crippen LogP contribution in [0.2, 0.25) is 0 Å². The second-order valence-corrected chi connectivity index (χ2v) is 16.3. The number of fused-ring (bicyclic) bond motifs is 2. The summed E-state index contributed by atoms with van der Waals surface area (Å²) < 4.78 is 0. The van der Waals surface area contributed by atoms with Crippen molar-refractivity contribution in [1.29, 1.82) is 0 Å². The fraction of sp³-hybridized carbons (Fsp3) is 0.170. The molecule has 2 unspecified atom stereocenters. The Bertz CT molecular complexity index is 2170. The molecule has 1 heterocycles. The molecule has 0 N–H and O–H groups in total. The molecule has 1 aliphatic rings. The van der Waals surface area contributed by atoms with E-state index in [0.717, 1.165) is 0 Å². The molecule has 0 aromatic heterocycles. The molecule has 0 bridgehead atoms. The molecule has 0 spiro atoms. The Morgan fingerprint density at radius 2 is 0.816 bits per heavy atom. The molecule has 1 nitrogen and oxygen atoms in total. The molecular formula is C47H41OP. The highest BCUT2D eigenvalue weighted by Gasteiger charge is 2.43. The van der Waals surface area contributed by atoms with E-state index in [0.29, 0.717) is 18.6 Å². The number of hydrogen-bond donors (Lipinski definition) is 0. The minimum atomic E-state index is -0.979. The molecule has 0 radical (unpaired) electrons. The van der Waals surface area contributed by atoms with Crippen LogP contribution in [-0.4, -0.2) is 5.78 Å². The summed E-state index contributed by atoms with van der Waals surface area (Å²) in [5, 5.41) is 6.40. The van der Waals surface area contributed by atoms with E-state index in [1.165, 1.54) is 82.5 Å². The SMILES string of the molecule is Cc1cccc(C)c1-c1cccc(-c2c(C)cccc2C)c1P1C(c2cccc3ccccc23)CC(=O)CC1c1cccc2ccccc12. The molecule has 0 aliphatic carbocycles. The van der Waals surface area contributed by atoms with Gasteiger partial charge in [0, 0.05) is 24.2 Å². The fourth-order valence-electron chi connectivity index (χ4n) is 8.55. The van der Waals surface area contributed by atoms with Gasteiger partial charge < -0.3 is 0 Å². The van der Waals surface area contributed by atoms with Gasteiger partial charge >= 0.3 is 0 Å². The van der Waals surface area contributed by atoms with Gasteiger partial charge in [0.1, 0.15) is 5.78 Å². The van der Waals surface area contributed by atoms with E-state index in [2.05, 4.69) is 167 Å². The highest BCUT2D eigenvalue weighted by Crippen LogP contribution is 2.69. The van der Waals surface area contributed by atoms with Gasteiger partial charge in [0.25, 0.3) is 0 Å². The van der Waals surface area contributed by atoms with Crippen molar-refractivity contribution in [3.63, 3.8) is 0 Å². The van der Waals surface area contributed by atoms with Crippen LogP contribution in [0.4, 0.5) is 0 Å². The Labute approximate surface area is 291 Å². The lowest BCUT2D eigenvalue weighted by atomic mass is 9.90. The van der Waals surface area contributed by atoms with Crippen molar-refractivity contribution < 1.29 is 4.79 Å². The first-order chi connectivity index (χ1) is 23.9. The maximum absolute atomic E-state index is 14.2. The van der Waals surface area contributed by atoms with Gasteiger partial charge in [-0.2, -0.15) is 0 Å². The van der Waals surface area contributed by atoms with E-state index >= 15 is 0 Å². The molecule has 2 atom stereocenters. The second kappa shape index (κ2) is 12.9. The van der Waals surface area contributed by atoms with Crippen LogP contribution in [0.3, 0.4) is 0 Å². The Balaban J connectivity index is 1.52. The van der Waals surface area contributed by atoms with Crippen molar-refractivity contribution in [3.05, 3.63) is 173 Å². The van der Waals surface area contributed by atoms with Crippen LogP contribution < -0.4 is 5.30 Å². The number of carbonyl (C=O) groups is 1. The third kappa shape index (κ3) is 5.51. The molecule has 1 fully saturated rings. The van der Waals surface area contributed by atoms with E-state index in [-0.39, 0.29) is 11.3 Å². The molecule has 1 saturated heterocycles. The quantitative estimate of drug-likeness (QED) is 0.169. The monoisotopic (exact) mass is 652 g/mol. The van der Waals surface area contributed by atoms with Crippen LogP contribution in [0.15, 0.2) is 140 Å². The van der Waals surface area contributed by atoms with Crippen molar-refractivity contribution in [1.82, 2.24) is 0 Å². The number of Topliss-reactive ketones (excluding diaryl/α,β-unsaturated/α-hetero) is 1. The first-order valence-electron chi connectivity index (χ1n) is 17.4. The van der Waals surface area contributed by atoms with Gasteiger partial charge in [-0.15, -0.1) is 0 Å². The summed E-state index contributed by atoms with van der Waals surface area (Å²) in [6.07, 6.45) is 1.10. The number of rotatable bonds is 5. The van der Waals surface area contributed by atoms with Crippen LogP contribution in [0.5, 0.6) is 0 Å². The minimum Gasteiger partial charge on any atom is -0.300 e. The van der Waals surface area contributed by atoms with Crippen LogP contribution >= 0.6 is 7.92 Å². The molecular weight excluding hydrogens is 611 g/mol. The average Bonchev–Trinajstić information content (AvgIpc) is 3.11. The summed E-state index contributed by atoms with van der Waals surface area (Å²) >= 11 is 0. The Hall–Kier alpha value is -4.84. The standard InChI is InChI=1S/C47H41OP/c1-30-14-9-15-31(2)45(30)41-26-13-27-42(46-32(3)16-10-17-33(46)4)47(41)49-43(39-24-11-20-34-18-5-7-22-37(34)39)28-36(48)29-44(49)40-25-12-21-35-19-6-8-23-38(35)40/h5-27,43-44H,28-29H2,1-4H3. The zero-order chi connectivity index (χ0) is 33.6. The number of ketones is 1. The number of benzene rings is 7. The fourth-order valence-corrected chi connectivity index (χ4v) is 12.4. The highest BCUT2D eigenvalue weighted by molar-refractivity contribution is 7.67. The lowest BCUT2D eigenvalue weighted by Crippen LogP contribution is -2.26. The van der Waals surface area contributed by atoms with E-state index in [1.54, 1.807) is 0 Å². The predicted octanol–water partition coefficient (Wildman–Crippen LogP) is 12.5. The van der Waals surface area contributed by atoms with Crippen LogP contribution in [-0.2, 0) is 4.79 Å². The zero-order valence-electron chi connectivity index (χ0n) is 28.7. The summed E-state index contributed by atoms with van der Waals surface area (Å²) in [6.45, 7) is 9.00. The topological polar surface area (TPSA) is 17.1 Å². The maximum Gasteiger partial charge on any atom is 0.134 e. The van der Waals surface area contributed by atoms with Crippen LogP contribution in [0, 0.1) is 27.7 Å². The zero-order valence-corrected chi connectivity index (χ0v) is 29.6. The smallest absolute Gasteiger partial charge is 0.134 e. The molecule has 240 valence electrons. The van der Waals surface area contributed by atoms with Crippen molar-refractivity contribution >= 4 is 40.6 Å². The largest absolute Gasteiger partial charge is 0.300 e. The van der Waals surface area contributed by atoms with Crippen molar-refractivity contribution in [3.8, 4) is 22.3 Å². The summed E-state index contributed by atoms with van der Waals surface area (Å²) in [5.41, 5.74) is 13.1. The number of carbonyl (C=O) groups excluding carboxylic acids is 1. The molecule has 49 heavy (non-hydrogen) atoms. The average molecular weight is 653 g/mol. The molecule has 7 aromatic carbocycles. The number of aryl methyl sites for hydroxylation is 4. The molecule has 0 saturated carbocycles. The van der Waals surface area contributed by atoms with Gasteiger partial charge in [0.05, 0.1) is 0 Å². The summed E-state index contributed by atoms with van der Waals surface area (Å²) in [5.74, 6) is 0.354. The summed E-state index contributed by atoms with van der Waals surface area (Å²) in [4.78, 5) is 14.2. The van der Waals surface area contributed by atoms with E-state index in [4.69, 9.17) is 0 Å². The van der Waals surface area contributed by atoms with E-state index in [1.807, 2.05) is 0 Å². The Kier molecular flexibility index (Phi) is 8.26. The first-order valence-corrected chi connectivity index (χ1v) is 18.9. The summed E-state index contributed by atoms with van der Waals surface area (Å²) in [6, 6.07) is 51.2. The van der Waals surface area contributed by atoms with Gasteiger partial charge in [0.2, 0.25) is 0 Å². The predicted molar refractivity (Wildman–Crippen MR) is 210 cm³/mol. The molecule has 7 aromatic rings. The van der Waals surface area contributed by atoms with Gasteiger partial charge in [0.15, 0.2) is 0 Å². The van der Waals surface area contributed by atoms with Gasteiger partial charge in [-0.05, 0) is 110 Å². The number of hydrogen-bond acceptors (Lipinski definition) is 1.